The predicted molar refractivity (Wildman–Crippen MR) is 75.9 cm³/mol. The molecule has 1 atom stereocenters. The number of hydrogen-bond acceptors (Lipinski definition) is 2. The molecule has 0 aliphatic carbocycles. The van der Waals surface area contributed by atoms with Crippen LogP contribution in [-0.4, -0.2) is 5.11 Å². The molecule has 1 N–H and O–H groups in total. The van der Waals surface area contributed by atoms with Crippen LogP contribution in [0.4, 0.5) is 4.39 Å². The number of hydrogen-bond donors (Lipinski definition) is 1. The summed E-state index contributed by atoms with van der Waals surface area (Å²) in [7, 11) is 0. The summed E-state index contributed by atoms with van der Waals surface area (Å²) in [4.78, 5) is 0. The third kappa shape index (κ3) is 1.91. The molecule has 0 saturated heterocycles. The first kappa shape index (κ1) is 12.9. The highest BCUT2D eigenvalue weighted by atomic mass is 19.1. The van der Waals surface area contributed by atoms with Crippen LogP contribution < -0.4 is 0 Å². The first-order valence-corrected chi connectivity index (χ1v) is 6.61. The molecule has 0 radical (unpaired) electrons. The fourth-order valence-electron chi connectivity index (χ4n) is 2.47. The predicted octanol–water partition coefficient (Wildman–Crippen LogP) is 4.22. The minimum atomic E-state index is -1.24. The van der Waals surface area contributed by atoms with E-state index in [2.05, 4.69) is 0 Å². The summed E-state index contributed by atoms with van der Waals surface area (Å²) in [5, 5.41) is 11.6. The van der Waals surface area contributed by atoms with E-state index in [1.54, 1.807) is 18.2 Å². The molecule has 0 fully saturated rings. The monoisotopic (exact) mass is 270 g/mol. The Balaban J connectivity index is 2.19. The van der Waals surface area contributed by atoms with Gasteiger partial charge in [0.05, 0.1) is 0 Å². The Kier molecular flexibility index (Phi) is 3.07. The van der Waals surface area contributed by atoms with Gasteiger partial charge in [0.15, 0.2) is 11.4 Å². The van der Waals surface area contributed by atoms with E-state index in [0.717, 1.165) is 5.56 Å². The van der Waals surface area contributed by atoms with Gasteiger partial charge < -0.3 is 9.52 Å². The topological polar surface area (TPSA) is 33.4 Å². The maximum Gasteiger partial charge on any atom is 0.170 e. The Morgan fingerprint density at radius 1 is 1.10 bits per heavy atom. The second kappa shape index (κ2) is 4.76. The van der Waals surface area contributed by atoms with Crippen molar-refractivity contribution in [1.82, 2.24) is 0 Å². The SMILES string of the molecule is CCC(O)(c1ccccc1)c1cc2cccc(F)c2o1. The van der Waals surface area contributed by atoms with E-state index >= 15 is 0 Å². The first-order chi connectivity index (χ1) is 9.65. The zero-order valence-corrected chi connectivity index (χ0v) is 11.1. The average molecular weight is 270 g/mol. The highest BCUT2D eigenvalue weighted by Gasteiger charge is 2.33. The van der Waals surface area contributed by atoms with Gasteiger partial charge in [-0.3, -0.25) is 0 Å². The summed E-state index contributed by atoms with van der Waals surface area (Å²) < 4.78 is 19.3. The van der Waals surface area contributed by atoms with Crippen molar-refractivity contribution in [2.24, 2.45) is 0 Å². The minimum Gasteiger partial charge on any atom is -0.455 e. The number of halogens is 1. The van der Waals surface area contributed by atoms with E-state index in [4.69, 9.17) is 4.42 Å². The van der Waals surface area contributed by atoms with E-state index < -0.39 is 11.4 Å². The molecular weight excluding hydrogens is 255 g/mol. The normalized spacial score (nSPS) is 14.3. The molecule has 0 aliphatic rings. The standard InChI is InChI=1S/C17H15FO2/c1-2-17(19,13-8-4-3-5-9-13)15-11-12-7-6-10-14(18)16(12)20-15/h3-11,19H,2H2,1H3. The summed E-state index contributed by atoms with van der Waals surface area (Å²) in [6.07, 6.45) is 0.443. The summed E-state index contributed by atoms with van der Waals surface area (Å²) in [5.41, 5.74) is -0.320. The summed E-state index contributed by atoms with van der Waals surface area (Å²) in [6, 6.07) is 15.7. The summed E-state index contributed by atoms with van der Waals surface area (Å²) >= 11 is 0. The zero-order valence-electron chi connectivity index (χ0n) is 11.1. The Hall–Kier alpha value is -2.13. The second-order valence-electron chi connectivity index (χ2n) is 4.85. The van der Waals surface area contributed by atoms with Gasteiger partial charge >= 0.3 is 0 Å². The molecule has 3 rings (SSSR count). The van der Waals surface area contributed by atoms with Crippen LogP contribution >= 0.6 is 0 Å². The van der Waals surface area contributed by atoms with Gasteiger partial charge in [-0.1, -0.05) is 49.4 Å². The fraction of sp³-hybridized carbons (Fsp3) is 0.176. The maximum atomic E-state index is 13.7. The molecule has 1 heterocycles. The lowest BCUT2D eigenvalue weighted by Crippen LogP contribution is -2.25. The van der Waals surface area contributed by atoms with Crippen LogP contribution in [0.25, 0.3) is 11.0 Å². The maximum absolute atomic E-state index is 13.7. The van der Waals surface area contributed by atoms with Gasteiger partial charge in [0, 0.05) is 5.39 Å². The molecule has 0 bridgehead atoms. The number of rotatable bonds is 3. The van der Waals surface area contributed by atoms with Gasteiger partial charge in [0.1, 0.15) is 11.4 Å². The Morgan fingerprint density at radius 3 is 2.50 bits per heavy atom. The molecule has 2 aromatic carbocycles. The van der Waals surface area contributed by atoms with Gasteiger partial charge in [-0.15, -0.1) is 0 Å². The number of fused-ring (bicyclic) bond motifs is 1. The van der Waals surface area contributed by atoms with Crippen molar-refractivity contribution in [1.29, 1.82) is 0 Å². The molecule has 1 aromatic heterocycles. The number of aliphatic hydroxyl groups is 1. The molecular formula is C17H15FO2. The van der Waals surface area contributed by atoms with E-state index in [0.29, 0.717) is 17.6 Å². The molecule has 102 valence electrons. The van der Waals surface area contributed by atoms with Gasteiger partial charge in [-0.2, -0.15) is 0 Å². The van der Waals surface area contributed by atoms with Gasteiger partial charge in [0.2, 0.25) is 0 Å². The second-order valence-corrected chi connectivity index (χ2v) is 4.85. The van der Waals surface area contributed by atoms with Crippen LogP contribution in [0.5, 0.6) is 0 Å². The average Bonchev–Trinajstić information content (AvgIpc) is 2.93. The summed E-state index contributed by atoms with van der Waals surface area (Å²) in [6.45, 7) is 1.87. The Bertz CT molecular complexity index is 733. The van der Waals surface area contributed by atoms with Crippen molar-refractivity contribution in [3.05, 3.63) is 71.7 Å². The molecule has 3 aromatic rings. The molecule has 0 aliphatic heterocycles. The molecule has 3 heteroatoms. The van der Waals surface area contributed by atoms with Gasteiger partial charge in [0.25, 0.3) is 0 Å². The molecule has 0 saturated carbocycles. The lowest BCUT2D eigenvalue weighted by molar-refractivity contribution is 0.0542. The van der Waals surface area contributed by atoms with Crippen LogP contribution in [0.2, 0.25) is 0 Å². The van der Waals surface area contributed by atoms with Crippen LogP contribution in [-0.2, 0) is 5.60 Å². The zero-order chi connectivity index (χ0) is 14.2. The van der Waals surface area contributed by atoms with Gasteiger partial charge in [-0.25, -0.2) is 4.39 Å². The molecule has 1 unspecified atom stereocenters. The van der Waals surface area contributed by atoms with Crippen molar-refractivity contribution in [3.63, 3.8) is 0 Å². The lowest BCUT2D eigenvalue weighted by atomic mass is 9.88. The molecule has 20 heavy (non-hydrogen) atoms. The lowest BCUT2D eigenvalue weighted by Gasteiger charge is -2.24. The molecule has 0 spiro atoms. The van der Waals surface area contributed by atoms with Crippen LogP contribution in [0.15, 0.2) is 59.0 Å². The van der Waals surface area contributed by atoms with Crippen molar-refractivity contribution < 1.29 is 13.9 Å². The number of para-hydroxylation sites is 1. The third-order valence-corrected chi connectivity index (χ3v) is 3.67. The van der Waals surface area contributed by atoms with E-state index in [1.807, 2.05) is 37.3 Å². The Labute approximate surface area is 116 Å². The fourth-order valence-corrected chi connectivity index (χ4v) is 2.47. The highest BCUT2D eigenvalue weighted by molar-refractivity contribution is 5.78. The minimum absolute atomic E-state index is 0.185. The van der Waals surface area contributed by atoms with Crippen LogP contribution in [0.1, 0.15) is 24.7 Å². The van der Waals surface area contributed by atoms with E-state index in [1.165, 1.54) is 6.07 Å². The third-order valence-electron chi connectivity index (χ3n) is 3.67. The van der Waals surface area contributed by atoms with E-state index in [-0.39, 0.29) is 5.58 Å². The van der Waals surface area contributed by atoms with Crippen LogP contribution in [0, 0.1) is 5.82 Å². The van der Waals surface area contributed by atoms with Crippen molar-refractivity contribution >= 4 is 11.0 Å². The van der Waals surface area contributed by atoms with Crippen molar-refractivity contribution in [3.8, 4) is 0 Å². The van der Waals surface area contributed by atoms with Gasteiger partial charge in [-0.05, 0) is 24.1 Å². The van der Waals surface area contributed by atoms with Crippen molar-refractivity contribution in [2.75, 3.05) is 0 Å². The van der Waals surface area contributed by atoms with Crippen LogP contribution in [0.3, 0.4) is 0 Å². The smallest absolute Gasteiger partial charge is 0.170 e. The molecule has 2 nitrogen and oxygen atoms in total. The van der Waals surface area contributed by atoms with E-state index in [9.17, 15) is 9.50 Å². The highest BCUT2D eigenvalue weighted by Crippen LogP contribution is 2.36. The first-order valence-electron chi connectivity index (χ1n) is 6.61. The summed E-state index contributed by atoms with van der Waals surface area (Å²) in [5.74, 6) is -0.0495. The Morgan fingerprint density at radius 2 is 1.85 bits per heavy atom. The quantitative estimate of drug-likeness (QED) is 0.773. The largest absolute Gasteiger partial charge is 0.455 e. The van der Waals surface area contributed by atoms with Crippen molar-refractivity contribution in [2.45, 2.75) is 18.9 Å². The number of benzene rings is 2. The molecule has 0 amide bonds. The number of furan rings is 1.